The first-order chi connectivity index (χ1) is 9.67. The number of hydrogen-bond donors (Lipinski definition) is 3. The Labute approximate surface area is 121 Å². The van der Waals surface area contributed by atoms with Crippen molar-refractivity contribution in [3.05, 3.63) is 23.8 Å². The van der Waals surface area contributed by atoms with E-state index in [1.165, 1.54) is 0 Å². The Kier molecular flexibility index (Phi) is 8.02. The van der Waals surface area contributed by atoms with Gasteiger partial charge in [0.15, 0.2) is 11.5 Å². The molecule has 0 spiro atoms. The first-order valence-corrected chi connectivity index (χ1v) is 7.06. The average molecular weight is 282 g/mol. The molecule has 114 valence electrons. The molecule has 0 unspecified atom stereocenters. The van der Waals surface area contributed by atoms with Crippen LogP contribution in [0, 0.1) is 0 Å². The summed E-state index contributed by atoms with van der Waals surface area (Å²) >= 11 is 0. The van der Waals surface area contributed by atoms with Crippen LogP contribution in [-0.4, -0.2) is 44.6 Å². The maximum atomic E-state index is 9.11. The van der Waals surface area contributed by atoms with Crippen LogP contribution in [-0.2, 0) is 6.54 Å². The predicted molar refractivity (Wildman–Crippen MR) is 80.4 cm³/mol. The van der Waals surface area contributed by atoms with Gasteiger partial charge < -0.3 is 25.2 Å². The van der Waals surface area contributed by atoms with Gasteiger partial charge in [-0.2, -0.15) is 0 Å². The third-order valence-electron chi connectivity index (χ3n) is 2.78. The lowest BCUT2D eigenvalue weighted by Gasteiger charge is -2.12. The van der Waals surface area contributed by atoms with Gasteiger partial charge in [0.2, 0.25) is 0 Å². The van der Waals surface area contributed by atoms with E-state index < -0.39 is 0 Å². The molecule has 1 rings (SSSR count). The van der Waals surface area contributed by atoms with E-state index in [1.54, 1.807) is 14.0 Å². The SMILES string of the molecule is CCOc1ccc(CNCCNC[C@@H](C)O)cc1OC. The number of aliphatic hydroxyl groups is 1. The summed E-state index contributed by atoms with van der Waals surface area (Å²) in [5.74, 6) is 1.54. The van der Waals surface area contributed by atoms with E-state index in [2.05, 4.69) is 10.6 Å². The minimum absolute atomic E-state index is 0.301. The van der Waals surface area contributed by atoms with Gasteiger partial charge in [-0.1, -0.05) is 6.07 Å². The molecule has 0 aromatic heterocycles. The maximum absolute atomic E-state index is 9.11. The maximum Gasteiger partial charge on any atom is 0.161 e. The highest BCUT2D eigenvalue weighted by molar-refractivity contribution is 5.42. The van der Waals surface area contributed by atoms with Crippen LogP contribution >= 0.6 is 0 Å². The Bertz CT molecular complexity index is 383. The van der Waals surface area contributed by atoms with Gasteiger partial charge in [-0.25, -0.2) is 0 Å². The van der Waals surface area contributed by atoms with E-state index in [1.807, 2.05) is 25.1 Å². The number of methoxy groups -OCH3 is 1. The van der Waals surface area contributed by atoms with Crippen molar-refractivity contribution in [2.75, 3.05) is 33.4 Å². The second-order valence-corrected chi connectivity index (χ2v) is 4.65. The van der Waals surface area contributed by atoms with Crippen molar-refractivity contribution in [2.24, 2.45) is 0 Å². The van der Waals surface area contributed by atoms with Crippen molar-refractivity contribution < 1.29 is 14.6 Å². The molecule has 0 aliphatic heterocycles. The molecule has 5 nitrogen and oxygen atoms in total. The van der Waals surface area contributed by atoms with Gasteiger partial charge in [-0.15, -0.1) is 0 Å². The molecule has 0 heterocycles. The van der Waals surface area contributed by atoms with E-state index in [4.69, 9.17) is 14.6 Å². The molecule has 1 atom stereocenters. The molecule has 5 heteroatoms. The third kappa shape index (κ3) is 6.23. The molecule has 20 heavy (non-hydrogen) atoms. The zero-order valence-electron chi connectivity index (χ0n) is 12.6. The number of benzene rings is 1. The topological polar surface area (TPSA) is 62.8 Å². The summed E-state index contributed by atoms with van der Waals surface area (Å²) in [6.45, 7) is 7.43. The lowest BCUT2D eigenvalue weighted by atomic mass is 10.2. The van der Waals surface area contributed by atoms with Gasteiger partial charge in [0.1, 0.15) is 0 Å². The lowest BCUT2D eigenvalue weighted by Crippen LogP contribution is -2.31. The summed E-state index contributed by atoms with van der Waals surface area (Å²) in [6.07, 6.45) is -0.301. The van der Waals surface area contributed by atoms with Crippen LogP contribution in [0.15, 0.2) is 18.2 Å². The van der Waals surface area contributed by atoms with Gasteiger partial charge in [0.25, 0.3) is 0 Å². The van der Waals surface area contributed by atoms with Gasteiger partial charge in [-0.05, 0) is 31.5 Å². The minimum atomic E-state index is -0.301. The fraction of sp³-hybridized carbons (Fsp3) is 0.600. The third-order valence-corrected chi connectivity index (χ3v) is 2.78. The summed E-state index contributed by atoms with van der Waals surface area (Å²) in [5, 5.41) is 15.6. The van der Waals surface area contributed by atoms with Crippen LogP contribution < -0.4 is 20.1 Å². The number of rotatable bonds is 10. The number of ether oxygens (including phenoxy) is 2. The largest absolute Gasteiger partial charge is 0.493 e. The van der Waals surface area contributed by atoms with Gasteiger partial charge in [0, 0.05) is 26.2 Å². The summed E-state index contributed by atoms with van der Waals surface area (Å²) in [5.41, 5.74) is 1.15. The normalized spacial score (nSPS) is 12.2. The van der Waals surface area contributed by atoms with Crippen molar-refractivity contribution in [2.45, 2.75) is 26.5 Å². The highest BCUT2D eigenvalue weighted by Crippen LogP contribution is 2.27. The van der Waals surface area contributed by atoms with Gasteiger partial charge >= 0.3 is 0 Å². The highest BCUT2D eigenvalue weighted by Gasteiger charge is 2.04. The van der Waals surface area contributed by atoms with Crippen LogP contribution in [0.3, 0.4) is 0 Å². The van der Waals surface area contributed by atoms with Crippen molar-refractivity contribution in [1.29, 1.82) is 0 Å². The number of aliphatic hydroxyl groups excluding tert-OH is 1. The molecule has 0 aliphatic carbocycles. The molecule has 0 saturated heterocycles. The molecular formula is C15H26N2O3. The molecule has 0 radical (unpaired) electrons. The van der Waals surface area contributed by atoms with E-state index in [0.29, 0.717) is 13.2 Å². The van der Waals surface area contributed by atoms with Crippen molar-refractivity contribution in [3.8, 4) is 11.5 Å². The van der Waals surface area contributed by atoms with Gasteiger partial charge in [-0.3, -0.25) is 0 Å². The Hall–Kier alpha value is -1.30. The Morgan fingerprint density at radius 1 is 1.20 bits per heavy atom. The first kappa shape index (κ1) is 16.8. The number of hydrogen-bond acceptors (Lipinski definition) is 5. The van der Waals surface area contributed by atoms with E-state index in [0.717, 1.165) is 36.7 Å². The molecule has 0 saturated carbocycles. The summed E-state index contributed by atoms with van der Waals surface area (Å²) < 4.78 is 10.8. The summed E-state index contributed by atoms with van der Waals surface area (Å²) in [6, 6.07) is 5.95. The molecule has 1 aromatic carbocycles. The van der Waals surface area contributed by atoms with Crippen LogP contribution in [0.25, 0.3) is 0 Å². The fourth-order valence-corrected chi connectivity index (χ4v) is 1.82. The molecule has 0 amide bonds. The van der Waals surface area contributed by atoms with E-state index >= 15 is 0 Å². The quantitative estimate of drug-likeness (QED) is 0.562. The zero-order chi connectivity index (χ0) is 14.8. The second kappa shape index (κ2) is 9.58. The Morgan fingerprint density at radius 2 is 1.95 bits per heavy atom. The van der Waals surface area contributed by atoms with Gasteiger partial charge in [0.05, 0.1) is 19.8 Å². The predicted octanol–water partition coefficient (Wildman–Crippen LogP) is 1.15. The summed E-state index contributed by atoms with van der Waals surface area (Å²) in [4.78, 5) is 0. The second-order valence-electron chi connectivity index (χ2n) is 4.65. The lowest BCUT2D eigenvalue weighted by molar-refractivity contribution is 0.191. The average Bonchev–Trinajstić information content (AvgIpc) is 2.44. The highest BCUT2D eigenvalue weighted by atomic mass is 16.5. The van der Waals surface area contributed by atoms with Crippen molar-refractivity contribution in [3.63, 3.8) is 0 Å². The monoisotopic (exact) mass is 282 g/mol. The molecule has 0 fully saturated rings. The Morgan fingerprint density at radius 3 is 2.60 bits per heavy atom. The van der Waals surface area contributed by atoms with Crippen molar-refractivity contribution >= 4 is 0 Å². The molecular weight excluding hydrogens is 256 g/mol. The molecule has 0 bridgehead atoms. The molecule has 0 aliphatic rings. The smallest absolute Gasteiger partial charge is 0.161 e. The van der Waals surface area contributed by atoms with Crippen LogP contribution in [0.4, 0.5) is 0 Å². The minimum Gasteiger partial charge on any atom is -0.493 e. The molecule has 3 N–H and O–H groups in total. The van der Waals surface area contributed by atoms with E-state index in [9.17, 15) is 0 Å². The fourth-order valence-electron chi connectivity index (χ4n) is 1.82. The Balaban J connectivity index is 2.33. The van der Waals surface area contributed by atoms with Crippen LogP contribution in [0.1, 0.15) is 19.4 Å². The van der Waals surface area contributed by atoms with E-state index in [-0.39, 0.29) is 6.10 Å². The standard InChI is InChI=1S/C15H26N2O3/c1-4-20-14-6-5-13(9-15(14)19-3)11-17-8-7-16-10-12(2)18/h5-6,9,12,16-18H,4,7-8,10-11H2,1-3H3/t12-/m1/s1. The number of nitrogens with one attached hydrogen (secondary N) is 2. The van der Waals surface area contributed by atoms with Crippen LogP contribution in [0.5, 0.6) is 11.5 Å². The zero-order valence-corrected chi connectivity index (χ0v) is 12.6. The van der Waals surface area contributed by atoms with Crippen LogP contribution in [0.2, 0.25) is 0 Å². The molecule has 1 aromatic rings. The van der Waals surface area contributed by atoms with Crippen molar-refractivity contribution in [1.82, 2.24) is 10.6 Å². The summed E-state index contributed by atoms with van der Waals surface area (Å²) in [7, 11) is 1.65. The first-order valence-electron chi connectivity index (χ1n) is 7.06.